The maximum atomic E-state index is 10.5. The standard InChI is InChI=1S/C12H26N2O/c1-4-10(3)9-11(5-2)14-8-6-7-12(13)15/h10-11,14H,4-9H2,1-3H3,(H2,13,15). The van der Waals surface area contributed by atoms with Gasteiger partial charge in [-0.3, -0.25) is 4.79 Å². The molecule has 0 rings (SSSR count). The molecule has 90 valence electrons. The Hall–Kier alpha value is -0.570. The van der Waals surface area contributed by atoms with E-state index in [1.54, 1.807) is 0 Å². The molecule has 1 amide bonds. The van der Waals surface area contributed by atoms with Crippen molar-refractivity contribution in [1.29, 1.82) is 0 Å². The summed E-state index contributed by atoms with van der Waals surface area (Å²) in [6.45, 7) is 7.62. The fourth-order valence-corrected chi connectivity index (χ4v) is 1.62. The molecule has 0 aromatic heterocycles. The molecule has 2 unspecified atom stereocenters. The normalized spacial score (nSPS) is 14.9. The van der Waals surface area contributed by atoms with E-state index in [-0.39, 0.29) is 5.91 Å². The van der Waals surface area contributed by atoms with Crippen molar-refractivity contribution in [2.75, 3.05) is 6.54 Å². The molecule has 0 aromatic rings. The Morgan fingerprint density at radius 3 is 2.47 bits per heavy atom. The number of nitrogens with one attached hydrogen (secondary N) is 1. The number of rotatable bonds is 9. The van der Waals surface area contributed by atoms with Crippen LogP contribution >= 0.6 is 0 Å². The van der Waals surface area contributed by atoms with Gasteiger partial charge in [0.15, 0.2) is 0 Å². The molecule has 0 aromatic carbocycles. The first-order chi connectivity index (χ1) is 7.10. The molecular weight excluding hydrogens is 188 g/mol. The number of carbonyl (C=O) groups excluding carboxylic acids is 1. The van der Waals surface area contributed by atoms with Crippen molar-refractivity contribution >= 4 is 5.91 Å². The second kappa shape index (κ2) is 8.72. The second-order valence-corrected chi connectivity index (χ2v) is 4.38. The fraction of sp³-hybridized carbons (Fsp3) is 0.917. The van der Waals surface area contributed by atoms with Crippen LogP contribution in [0.3, 0.4) is 0 Å². The van der Waals surface area contributed by atoms with Crippen LogP contribution < -0.4 is 11.1 Å². The molecule has 15 heavy (non-hydrogen) atoms. The number of carbonyl (C=O) groups is 1. The molecular formula is C12H26N2O. The van der Waals surface area contributed by atoms with E-state index < -0.39 is 0 Å². The molecule has 0 spiro atoms. The molecule has 0 bridgehead atoms. The van der Waals surface area contributed by atoms with Crippen molar-refractivity contribution in [2.24, 2.45) is 11.7 Å². The van der Waals surface area contributed by atoms with Gasteiger partial charge in [0.25, 0.3) is 0 Å². The summed E-state index contributed by atoms with van der Waals surface area (Å²) in [5.74, 6) is 0.574. The third-order valence-electron chi connectivity index (χ3n) is 2.91. The highest BCUT2D eigenvalue weighted by Gasteiger charge is 2.09. The summed E-state index contributed by atoms with van der Waals surface area (Å²) in [6.07, 6.45) is 4.96. The lowest BCUT2D eigenvalue weighted by molar-refractivity contribution is -0.118. The van der Waals surface area contributed by atoms with Crippen molar-refractivity contribution in [2.45, 2.75) is 58.9 Å². The predicted molar refractivity (Wildman–Crippen MR) is 64.6 cm³/mol. The highest BCUT2D eigenvalue weighted by molar-refractivity contribution is 5.73. The van der Waals surface area contributed by atoms with Crippen molar-refractivity contribution in [3.63, 3.8) is 0 Å². The SMILES string of the molecule is CCC(C)CC(CC)NCCCC(N)=O. The van der Waals surface area contributed by atoms with Gasteiger partial charge >= 0.3 is 0 Å². The lowest BCUT2D eigenvalue weighted by Crippen LogP contribution is -2.31. The van der Waals surface area contributed by atoms with E-state index in [9.17, 15) is 4.79 Å². The zero-order valence-electron chi connectivity index (χ0n) is 10.4. The number of amides is 1. The van der Waals surface area contributed by atoms with E-state index in [1.807, 2.05) is 0 Å². The summed E-state index contributed by atoms with van der Waals surface area (Å²) in [5, 5.41) is 3.48. The third-order valence-corrected chi connectivity index (χ3v) is 2.91. The van der Waals surface area contributed by atoms with E-state index in [4.69, 9.17) is 5.73 Å². The third kappa shape index (κ3) is 8.43. The topological polar surface area (TPSA) is 55.1 Å². The monoisotopic (exact) mass is 214 g/mol. The molecule has 0 radical (unpaired) electrons. The van der Waals surface area contributed by atoms with Gasteiger partial charge in [0, 0.05) is 12.5 Å². The maximum absolute atomic E-state index is 10.5. The minimum Gasteiger partial charge on any atom is -0.370 e. The van der Waals surface area contributed by atoms with Crippen LogP contribution in [0.15, 0.2) is 0 Å². The lowest BCUT2D eigenvalue weighted by Gasteiger charge is -2.20. The van der Waals surface area contributed by atoms with Crippen LogP contribution in [0.4, 0.5) is 0 Å². The summed E-state index contributed by atoms with van der Waals surface area (Å²) in [4.78, 5) is 10.5. The van der Waals surface area contributed by atoms with Gasteiger partial charge < -0.3 is 11.1 Å². The van der Waals surface area contributed by atoms with Crippen LogP contribution in [0.5, 0.6) is 0 Å². The van der Waals surface area contributed by atoms with Gasteiger partial charge in [0.2, 0.25) is 5.91 Å². The second-order valence-electron chi connectivity index (χ2n) is 4.38. The summed E-state index contributed by atoms with van der Waals surface area (Å²) < 4.78 is 0. The first kappa shape index (κ1) is 14.4. The molecule has 0 fully saturated rings. The Morgan fingerprint density at radius 1 is 1.33 bits per heavy atom. The van der Waals surface area contributed by atoms with Crippen LogP contribution in [0.2, 0.25) is 0 Å². The molecule has 3 N–H and O–H groups in total. The Balaban J connectivity index is 3.56. The highest BCUT2D eigenvalue weighted by atomic mass is 16.1. The molecule has 0 aliphatic heterocycles. The van der Waals surface area contributed by atoms with Crippen molar-refractivity contribution in [3.8, 4) is 0 Å². The van der Waals surface area contributed by atoms with E-state index >= 15 is 0 Å². The minimum atomic E-state index is -0.202. The Kier molecular flexibility index (Phi) is 8.38. The van der Waals surface area contributed by atoms with Crippen LogP contribution in [-0.4, -0.2) is 18.5 Å². The van der Waals surface area contributed by atoms with E-state index in [1.165, 1.54) is 12.8 Å². The largest absolute Gasteiger partial charge is 0.370 e. The first-order valence-corrected chi connectivity index (χ1v) is 6.11. The molecule has 0 saturated heterocycles. The van der Waals surface area contributed by atoms with Crippen molar-refractivity contribution in [1.82, 2.24) is 5.32 Å². The average molecular weight is 214 g/mol. The molecule has 3 heteroatoms. The number of primary amides is 1. The molecule has 3 nitrogen and oxygen atoms in total. The molecule has 2 atom stereocenters. The van der Waals surface area contributed by atoms with E-state index in [0.29, 0.717) is 12.5 Å². The highest BCUT2D eigenvalue weighted by Crippen LogP contribution is 2.11. The Morgan fingerprint density at radius 2 is 2.00 bits per heavy atom. The van der Waals surface area contributed by atoms with Gasteiger partial charge in [-0.15, -0.1) is 0 Å². The number of hydrogen-bond acceptors (Lipinski definition) is 2. The van der Waals surface area contributed by atoms with Crippen LogP contribution in [0.1, 0.15) is 52.9 Å². The first-order valence-electron chi connectivity index (χ1n) is 6.11. The fourth-order valence-electron chi connectivity index (χ4n) is 1.62. The Bertz CT molecular complexity index is 171. The summed E-state index contributed by atoms with van der Waals surface area (Å²) in [7, 11) is 0. The zero-order valence-corrected chi connectivity index (χ0v) is 10.4. The van der Waals surface area contributed by atoms with Crippen molar-refractivity contribution in [3.05, 3.63) is 0 Å². The van der Waals surface area contributed by atoms with Crippen molar-refractivity contribution < 1.29 is 4.79 Å². The Labute approximate surface area is 93.8 Å². The quantitative estimate of drug-likeness (QED) is 0.577. The predicted octanol–water partition coefficient (Wildman–Crippen LogP) is 2.06. The van der Waals surface area contributed by atoms with Gasteiger partial charge in [-0.25, -0.2) is 0 Å². The molecule has 0 aliphatic rings. The van der Waals surface area contributed by atoms with Crippen LogP contribution in [-0.2, 0) is 4.79 Å². The minimum absolute atomic E-state index is 0.202. The van der Waals surface area contributed by atoms with Crippen LogP contribution in [0, 0.1) is 5.92 Å². The van der Waals surface area contributed by atoms with E-state index in [0.717, 1.165) is 25.3 Å². The molecule has 0 saturated carbocycles. The number of nitrogens with two attached hydrogens (primary N) is 1. The van der Waals surface area contributed by atoms with Crippen LogP contribution in [0.25, 0.3) is 0 Å². The summed E-state index contributed by atoms with van der Waals surface area (Å²) in [6, 6.07) is 0.591. The van der Waals surface area contributed by atoms with Gasteiger partial charge in [-0.1, -0.05) is 27.2 Å². The summed E-state index contributed by atoms with van der Waals surface area (Å²) >= 11 is 0. The summed E-state index contributed by atoms with van der Waals surface area (Å²) in [5.41, 5.74) is 5.08. The average Bonchev–Trinajstić information content (AvgIpc) is 2.21. The zero-order chi connectivity index (χ0) is 11.7. The van der Waals surface area contributed by atoms with Gasteiger partial charge in [-0.05, 0) is 31.7 Å². The number of hydrogen-bond donors (Lipinski definition) is 2. The van der Waals surface area contributed by atoms with E-state index in [2.05, 4.69) is 26.1 Å². The molecule has 0 aliphatic carbocycles. The maximum Gasteiger partial charge on any atom is 0.217 e. The molecule has 0 heterocycles. The van der Waals surface area contributed by atoms with Gasteiger partial charge in [-0.2, -0.15) is 0 Å². The smallest absolute Gasteiger partial charge is 0.217 e. The van der Waals surface area contributed by atoms with Gasteiger partial charge in [0.05, 0.1) is 0 Å². The van der Waals surface area contributed by atoms with Gasteiger partial charge in [0.1, 0.15) is 0 Å². The lowest BCUT2D eigenvalue weighted by atomic mass is 9.98.